The van der Waals surface area contributed by atoms with Crippen LogP contribution in [0.1, 0.15) is 11.3 Å². The van der Waals surface area contributed by atoms with E-state index in [9.17, 15) is 18.0 Å². The highest BCUT2D eigenvalue weighted by Gasteiger charge is 2.32. The molecular weight excluding hydrogens is 351 g/mol. The van der Waals surface area contributed by atoms with Crippen LogP contribution in [0.5, 0.6) is 11.5 Å². The molecule has 0 spiro atoms. The molecule has 140 valence electrons. The van der Waals surface area contributed by atoms with Gasteiger partial charge in [0.25, 0.3) is 0 Å². The fraction of sp³-hybridized carbons (Fsp3) is 0.278. The molecule has 1 amide bonds. The SMILES string of the molecule is COc1cc(/C=C/C(=O)N(Cc2ccco2)CC(F)(F)F)cc(OC)c1. The number of carbonyl (C=O) groups is 1. The molecule has 0 aliphatic heterocycles. The van der Waals surface area contributed by atoms with Crippen molar-refractivity contribution in [2.24, 2.45) is 0 Å². The third-order valence-electron chi connectivity index (χ3n) is 3.40. The number of carbonyl (C=O) groups excluding carboxylic acids is 1. The Labute approximate surface area is 148 Å². The lowest BCUT2D eigenvalue weighted by Gasteiger charge is -2.21. The maximum Gasteiger partial charge on any atom is 0.406 e. The molecule has 0 N–H and O–H groups in total. The van der Waals surface area contributed by atoms with Crippen LogP contribution in [-0.2, 0) is 11.3 Å². The van der Waals surface area contributed by atoms with E-state index in [0.717, 1.165) is 6.08 Å². The van der Waals surface area contributed by atoms with E-state index in [1.165, 1.54) is 32.6 Å². The summed E-state index contributed by atoms with van der Waals surface area (Å²) in [5, 5.41) is 0. The van der Waals surface area contributed by atoms with Gasteiger partial charge >= 0.3 is 6.18 Å². The number of hydrogen-bond acceptors (Lipinski definition) is 4. The zero-order valence-electron chi connectivity index (χ0n) is 14.2. The van der Waals surface area contributed by atoms with Crippen molar-refractivity contribution in [2.75, 3.05) is 20.8 Å². The summed E-state index contributed by atoms with van der Waals surface area (Å²) in [5.41, 5.74) is 0.555. The van der Waals surface area contributed by atoms with Gasteiger partial charge in [-0.15, -0.1) is 0 Å². The number of benzene rings is 1. The molecule has 0 fully saturated rings. The normalized spacial score (nSPS) is 11.6. The first kappa shape index (κ1) is 19.4. The van der Waals surface area contributed by atoms with E-state index in [1.54, 1.807) is 24.3 Å². The van der Waals surface area contributed by atoms with Crippen LogP contribution < -0.4 is 9.47 Å². The van der Waals surface area contributed by atoms with Crippen molar-refractivity contribution >= 4 is 12.0 Å². The highest BCUT2D eigenvalue weighted by atomic mass is 19.4. The quantitative estimate of drug-likeness (QED) is 0.695. The largest absolute Gasteiger partial charge is 0.497 e. The highest BCUT2D eigenvalue weighted by molar-refractivity contribution is 5.91. The number of hydrogen-bond donors (Lipinski definition) is 0. The number of furan rings is 1. The molecule has 0 bridgehead atoms. The molecule has 0 unspecified atom stereocenters. The zero-order chi connectivity index (χ0) is 19.2. The van der Waals surface area contributed by atoms with E-state index < -0.39 is 18.6 Å². The number of amides is 1. The molecule has 0 radical (unpaired) electrons. The predicted molar refractivity (Wildman–Crippen MR) is 88.8 cm³/mol. The van der Waals surface area contributed by atoms with Gasteiger partial charge in [0.05, 0.1) is 27.0 Å². The van der Waals surface area contributed by atoms with Gasteiger partial charge < -0.3 is 18.8 Å². The maximum absolute atomic E-state index is 12.8. The number of nitrogens with zero attached hydrogens (tertiary/aromatic N) is 1. The van der Waals surface area contributed by atoms with Gasteiger partial charge in [0.15, 0.2) is 0 Å². The molecule has 26 heavy (non-hydrogen) atoms. The van der Waals surface area contributed by atoms with Gasteiger partial charge in [-0.1, -0.05) is 0 Å². The molecule has 8 heteroatoms. The summed E-state index contributed by atoms with van der Waals surface area (Å²) in [7, 11) is 2.95. The minimum Gasteiger partial charge on any atom is -0.497 e. The summed E-state index contributed by atoms with van der Waals surface area (Å²) < 4.78 is 53.6. The number of ether oxygens (including phenoxy) is 2. The van der Waals surface area contributed by atoms with E-state index in [-0.39, 0.29) is 12.3 Å². The van der Waals surface area contributed by atoms with Crippen molar-refractivity contribution < 1.29 is 31.9 Å². The lowest BCUT2D eigenvalue weighted by molar-refractivity contribution is -0.159. The highest BCUT2D eigenvalue weighted by Crippen LogP contribution is 2.24. The zero-order valence-corrected chi connectivity index (χ0v) is 14.2. The number of alkyl halides is 3. The molecule has 0 aliphatic carbocycles. The number of rotatable bonds is 7. The van der Waals surface area contributed by atoms with Crippen LogP contribution in [0.3, 0.4) is 0 Å². The molecule has 2 rings (SSSR count). The topological polar surface area (TPSA) is 51.9 Å². The van der Waals surface area contributed by atoms with Crippen LogP contribution >= 0.6 is 0 Å². The Morgan fingerprint density at radius 1 is 1.19 bits per heavy atom. The smallest absolute Gasteiger partial charge is 0.406 e. The Hall–Kier alpha value is -2.90. The molecular formula is C18H18F3NO4. The minimum absolute atomic E-state index is 0.263. The molecule has 5 nitrogen and oxygen atoms in total. The lowest BCUT2D eigenvalue weighted by atomic mass is 10.2. The Balaban J connectivity index is 2.18. The van der Waals surface area contributed by atoms with Crippen molar-refractivity contribution in [2.45, 2.75) is 12.7 Å². The summed E-state index contributed by atoms with van der Waals surface area (Å²) in [6.07, 6.45) is -0.707. The van der Waals surface area contributed by atoms with Crippen molar-refractivity contribution in [1.29, 1.82) is 0 Å². The van der Waals surface area contributed by atoms with Gasteiger partial charge in [-0.2, -0.15) is 13.2 Å². The average molecular weight is 369 g/mol. The van der Waals surface area contributed by atoms with Crippen LogP contribution in [0.2, 0.25) is 0 Å². The third kappa shape index (κ3) is 5.87. The first-order valence-electron chi connectivity index (χ1n) is 7.60. The summed E-state index contributed by atoms with van der Waals surface area (Å²) in [6, 6.07) is 7.96. The average Bonchev–Trinajstić information content (AvgIpc) is 3.10. The molecule has 0 saturated carbocycles. The van der Waals surface area contributed by atoms with Gasteiger partial charge in [0.2, 0.25) is 5.91 Å². The maximum atomic E-state index is 12.8. The van der Waals surface area contributed by atoms with Crippen molar-refractivity contribution in [1.82, 2.24) is 4.90 Å². The van der Waals surface area contributed by atoms with Gasteiger partial charge in [-0.25, -0.2) is 0 Å². The number of halogens is 3. The molecule has 2 aromatic rings. The Morgan fingerprint density at radius 3 is 2.35 bits per heavy atom. The van der Waals surface area contributed by atoms with Crippen molar-refractivity contribution in [3.05, 3.63) is 54.0 Å². The van der Waals surface area contributed by atoms with Crippen LogP contribution in [-0.4, -0.2) is 37.7 Å². The van der Waals surface area contributed by atoms with E-state index in [2.05, 4.69) is 0 Å². The first-order chi connectivity index (χ1) is 12.3. The van der Waals surface area contributed by atoms with E-state index in [1.807, 2.05) is 0 Å². The summed E-state index contributed by atoms with van der Waals surface area (Å²) >= 11 is 0. The van der Waals surface area contributed by atoms with Crippen molar-refractivity contribution in [3.8, 4) is 11.5 Å². The fourth-order valence-electron chi connectivity index (χ4n) is 2.22. The van der Waals surface area contributed by atoms with E-state index in [4.69, 9.17) is 13.9 Å². The predicted octanol–water partition coefficient (Wildman–Crippen LogP) is 3.90. The van der Waals surface area contributed by atoms with Gasteiger partial charge in [0.1, 0.15) is 23.8 Å². The number of methoxy groups -OCH3 is 2. The lowest BCUT2D eigenvalue weighted by Crippen LogP contribution is -2.37. The van der Waals surface area contributed by atoms with Gasteiger partial charge in [-0.05, 0) is 35.9 Å². The molecule has 1 aromatic heterocycles. The van der Waals surface area contributed by atoms with Gasteiger partial charge in [0, 0.05) is 12.1 Å². The molecule has 1 heterocycles. The minimum atomic E-state index is -4.52. The second-order valence-electron chi connectivity index (χ2n) is 5.37. The van der Waals surface area contributed by atoms with E-state index in [0.29, 0.717) is 22.0 Å². The third-order valence-corrected chi connectivity index (χ3v) is 3.40. The van der Waals surface area contributed by atoms with Crippen LogP contribution in [0, 0.1) is 0 Å². The summed E-state index contributed by atoms with van der Waals surface area (Å²) in [6.45, 7) is -1.66. The Morgan fingerprint density at radius 2 is 1.85 bits per heavy atom. The monoisotopic (exact) mass is 369 g/mol. The van der Waals surface area contributed by atoms with Crippen molar-refractivity contribution in [3.63, 3.8) is 0 Å². The summed E-state index contributed by atoms with van der Waals surface area (Å²) in [5.74, 6) is 0.470. The second kappa shape index (κ2) is 8.46. The standard InChI is InChI=1S/C18H18F3NO4/c1-24-15-8-13(9-16(10-15)25-2)5-6-17(23)22(12-18(19,20)21)11-14-4-3-7-26-14/h3-10H,11-12H2,1-2H3/b6-5+. The fourth-order valence-corrected chi connectivity index (χ4v) is 2.22. The van der Waals surface area contributed by atoms with Gasteiger partial charge in [-0.3, -0.25) is 4.79 Å². The summed E-state index contributed by atoms with van der Waals surface area (Å²) in [4.78, 5) is 12.9. The van der Waals surface area contributed by atoms with Crippen LogP contribution in [0.25, 0.3) is 6.08 Å². The molecule has 0 aliphatic rings. The Bertz CT molecular complexity index is 732. The Kier molecular flexibility index (Phi) is 6.32. The van der Waals surface area contributed by atoms with Crippen LogP contribution in [0.4, 0.5) is 13.2 Å². The molecule has 1 aromatic carbocycles. The molecule has 0 atom stereocenters. The van der Waals surface area contributed by atoms with E-state index >= 15 is 0 Å². The molecule has 0 saturated heterocycles. The first-order valence-corrected chi connectivity index (χ1v) is 7.60. The second-order valence-corrected chi connectivity index (χ2v) is 5.37. The van der Waals surface area contributed by atoms with Crippen LogP contribution in [0.15, 0.2) is 47.1 Å².